The minimum atomic E-state index is -0.309. The van der Waals surface area contributed by atoms with E-state index in [1.165, 1.54) is 11.3 Å². The molecule has 0 unspecified atom stereocenters. The summed E-state index contributed by atoms with van der Waals surface area (Å²) in [5.41, 5.74) is 3.24. The van der Waals surface area contributed by atoms with Crippen LogP contribution in [0.1, 0.15) is 39.7 Å². The molecule has 1 saturated heterocycles. The number of nitrogens with one attached hydrogen (secondary N) is 2. The summed E-state index contributed by atoms with van der Waals surface area (Å²) < 4.78 is 7.34. The Bertz CT molecular complexity index is 1480. The number of carbonyl (C=O) groups is 2. The van der Waals surface area contributed by atoms with Crippen molar-refractivity contribution in [3.05, 3.63) is 54.2 Å². The molecule has 37 heavy (non-hydrogen) atoms. The first-order chi connectivity index (χ1) is 17.7. The lowest BCUT2D eigenvalue weighted by atomic mass is 9.84. The molecule has 4 aromatic rings. The SMILES string of the molecule is CCOc1ncccc1-c1cn2ncc(C(=O)Nc3cc(NC(=O)CN4CC(C)(C)C4)cnc3C)c2s1.[HH].[HH]. The maximum atomic E-state index is 13.2. The van der Waals surface area contributed by atoms with Crippen molar-refractivity contribution in [2.24, 2.45) is 5.41 Å². The summed E-state index contributed by atoms with van der Waals surface area (Å²) in [7, 11) is 0. The van der Waals surface area contributed by atoms with Crippen LogP contribution in [0.3, 0.4) is 0 Å². The minimum Gasteiger partial charge on any atom is -0.477 e. The van der Waals surface area contributed by atoms with E-state index in [0.717, 1.165) is 23.5 Å². The van der Waals surface area contributed by atoms with Crippen molar-refractivity contribution >= 4 is 39.4 Å². The van der Waals surface area contributed by atoms with Gasteiger partial charge in [0.05, 0.1) is 58.6 Å². The van der Waals surface area contributed by atoms with Gasteiger partial charge in [-0.1, -0.05) is 13.8 Å². The first kappa shape index (κ1) is 24.8. The Kier molecular flexibility index (Phi) is 6.65. The van der Waals surface area contributed by atoms with Crippen molar-refractivity contribution < 1.29 is 17.2 Å². The van der Waals surface area contributed by atoms with Gasteiger partial charge in [0.1, 0.15) is 4.83 Å². The van der Waals surface area contributed by atoms with Gasteiger partial charge in [0.25, 0.3) is 5.91 Å². The number of nitrogens with zero attached hydrogens (tertiary/aromatic N) is 5. The fraction of sp³-hybridized carbons (Fsp3) is 0.346. The third-order valence-electron chi connectivity index (χ3n) is 6.05. The van der Waals surface area contributed by atoms with E-state index in [2.05, 4.69) is 44.4 Å². The Morgan fingerprint density at radius 2 is 2.03 bits per heavy atom. The van der Waals surface area contributed by atoms with Crippen LogP contribution in [0.25, 0.3) is 15.3 Å². The average Bonchev–Trinajstić information content (AvgIpc) is 3.41. The van der Waals surface area contributed by atoms with E-state index < -0.39 is 0 Å². The number of fused-ring (bicyclic) bond motifs is 1. The van der Waals surface area contributed by atoms with Gasteiger partial charge in [0.15, 0.2) is 0 Å². The monoisotopic (exact) mass is 523 g/mol. The molecule has 5 heterocycles. The molecule has 10 nitrogen and oxygen atoms in total. The van der Waals surface area contributed by atoms with Crippen LogP contribution >= 0.6 is 11.3 Å². The van der Waals surface area contributed by atoms with E-state index in [9.17, 15) is 9.59 Å². The van der Waals surface area contributed by atoms with Gasteiger partial charge in [0.2, 0.25) is 11.8 Å². The highest BCUT2D eigenvalue weighted by atomic mass is 32.1. The van der Waals surface area contributed by atoms with Crippen LogP contribution in [0.2, 0.25) is 0 Å². The number of pyridine rings is 2. The number of ether oxygens (including phenoxy) is 1. The number of hydrogen-bond acceptors (Lipinski definition) is 8. The maximum absolute atomic E-state index is 13.2. The molecule has 5 rings (SSSR count). The number of anilines is 2. The van der Waals surface area contributed by atoms with E-state index >= 15 is 0 Å². The minimum absolute atomic E-state index is 0. The van der Waals surface area contributed by atoms with Gasteiger partial charge in [-0.3, -0.25) is 19.5 Å². The number of rotatable bonds is 8. The Labute approximate surface area is 221 Å². The molecule has 0 saturated carbocycles. The molecular weight excluding hydrogens is 490 g/mol. The number of likely N-dealkylation sites (tertiary alicyclic amines) is 1. The summed E-state index contributed by atoms with van der Waals surface area (Å²) in [6, 6.07) is 5.50. The fourth-order valence-corrected chi connectivity index (χ4v) is 5.57. The smallest absolute Gasteiger partial charge is 0.260 e. The summed E-state index contributed by atoms with van der Waals surface area (Å²) in [4.78, 5) is 38.1. The molecule has 2 amide bonds. The second-order valence-corrected chi connectivity index (χ2v) is 10.9. The Hall–Kier alpha value is -3.83. The highest BCUT2D eigenvalue weighted by Gasteiger charge is 2.34. The van der Waals surface area contributed by atoms with Gasteiger partial charge in [0, 0.05) is 28.3 Å². The van der Waals surface area contributed by atoms with Crippen LogP contribution in [-0.2, 0) is 4.79 Å². The fourth-order valence-electron chi connectivity index (χ4n) is 4.49. The normalized spacial score (nSPS) is 14.8. The van der Waals surface area contributed by atoms with Gasteiger partial charge in [-0.2, -0.15) is 5.10 Å². The molecule has 0 aromatic carbocycles. The number of aryl methyl sites for hydroxylation is 1. The molecule has 1 fully saturated rings. The summed E-state index contributed by atoms with van der Waals surface area (Å²) in [6.45, 7) is 10.7. The lowest BCUT2D eigenvalue weighted by Crippen LogP contribution is -2.54. The number of carbonyl (C=O) groups excluding carboxylic acids is 2. The van der Waals surface area contributed by atoms with Crippen molar-refractivity contribution in [1.29, 1.82) is 0 Å². The van der Waals surface area contributed by atoms with Crippen LogP contribution in [0, 0.1) is 12.3 Å². The topological polar surface area (TPSA) is 114 Å². The van der Waals surface area contributed by atoms with E-state index in [1.54, 1.807) is 36.1 Å². The number of aromatic nitrogens is 4. The van der Waals surface area contributed by atoms with E-state index in [0.29, 0.717) is 46.5 Å². The molecule has 1 aliphatic heterocycles. The molecular formula is C26H33N7O3S. The quantitative estimate of drug-likeness (QED) is 0.347. The van der Waals surface area contributed by atoms with E-state index in [-0.39, 0.29) is 20.1 Å². The third-order valence-corrected chi connectivity index (χ3v) is 7.19. The van der Waals surface area contributed by atoms with E-state index in [4.69, 9.17) is 4.74 Å². The number of thiazole rings is 1. The molecule has 0 aliphatic carbocycles. The Morgan fingerprint density at radius 3 is 2.78 bits per heavy atom. The molecule has 0 atom stereocenters. The predicted molar refractivity (Wildman–Crippen MR) is 147 cm³/mol. The van der Waals surface area contributed by atoms with Crippen LogP contribution in [-0.4, -0.2) is 62.5 Å². The predicted octanol–water partition coefficient (Wildman–Crippen LogP) is 4.58. The molecule has 0 bridgehead atoms. The molecule has 2 N–H and O–H groups in total. The Balaban J connectivity index is 0.00000210. The molecule has 1 aliphatic rings. The zero-order valence-electron chi connectivity index (χ0n) is 21.2. The number of hydrogen-bond donors (Lipinski definition) is 2. The van der Waals surface area contributed by atoms with Gasteiger partial charge in [-0.15, -0.1) is 11.3 Å². The van der Waals surface area contributed by atoms with Gasteiger partial charge in [-0.05, 0) is 37.5 Å². The average molecular weight is 524 g/mol. The second-order valence-electron chi connectivity index (χ2n) is 9.86. The van der Waals surface area contributed by atoms with Crippen molar-refractivity contribution in [3.8, 4) is 16.3 Å². The zero-order chi connectivity index (χ0) is 26.2. The van der Waals surface area contributed by atoms with Crippen molar-refractivity contribution in [2.45, 2.75) is 27.7 Å². The van der Waals surface area contributed by atoms with Crippen LogP contribution in [0.15, 0.2) is 43.0 Å². The van der Waals surface area contributed by atoms with Gasteiger partial charge in [-0.25, -0.2) is 9.50 Å². The Morgan fingerprint density at radius 1 is 1.22 bits per heavy atom. The standard InChI is InChI=1S/C26H29N7O3S.2H2/c1-5-36-24-18(7-6-8-27-24)21-12-33-25(37-21)19(11-29-33)23(35)31-20-9-17(10-28-16(20)2)30-22(34)13-32-14-26(3,4)15-32;;/h6-12H,5,13-15H2,1-4H3,(H,30,34)(H,31,35);2*1H. The van der Waals surface area contributed by atoms with Crippen molar-refractivity contribution in [2.75, 3.05) is 36.9 Å². The first-order valence-corrected chi connectivity index (χ1v) is 12.9. The summed E-state index contributed by atoms with van der Waals surface area (Å²) in [6.07, 6.45) is 6.68. The molecule has 0 spiro atoms. The highest BCUT2D eigenvalue weighted by molar-refractivity contribution is 7.21. The summed E-state index contributed by atoms with van der Waals surface area (Å²) in [5.74, 6) is 0.124. The summed E-state index contributed by atoms with van der Waals surface area (Å²) in [5, 5.41) is 10.2. The first-order valence-electron chi connectivity index (χ1n) is 12.1. The maximum Gasteiger partial charge on any atom is 0.260 e. The van der Waals surface area contributed by atoms with Gasteiger partial charge < -0.3 is 15.4 Å². The third kappa shape index (κ3) is 5.32. The zero-order valence-corrected chi connectivity index (χ0v) is 22.1. The molecule has 0 radical (unpaired) electrons. The summed E-state index contributed by atoms with van der Waals surface area (Å²) >= 11 is 1.43. The molecule has 4 aromatic heterocycles. The second kappa shape index (κ2) is 9.91. The lowest BCUT2D eigenvalue weighted by molar-refractivity contribution is -0.120. The van der Waals surface area contributed by atoms with Gasteiger partial charge >= 0.3 is 0 Å². The lowest BCUT2D eigenvalue weighted by Gasteiger charge is -2.45. The number of amides is 2. The highest BCUT2D eigenvalue weighted by Crippen LogP contribution is 2.35. The van der Waals surface area contributed by atoms with Crippen molar-refractivity contribution in [3.63, 3.8) is 0 Å². The molecule has 196 valence electrons. The van der Waals surface area contributed by atoms with Crippen molar-refractivity contribution in [1.82, 2.24) is 24.5 Å². The van der Waals surface area contributed by atoms with Crippen LogP contribution in [0.4, 0.5) is 11.4 Å². The largest absolute Gasteiger partial charge is 0.477 e. The van der Waals surface area contributed by atoms with Crippen LogP contribution in [0.5, 0.6) is 5.88 Å². The molecule has 11 heteroatoms. The van der Waals surface area contributed by atoms with Crippen LogP contribution < -0.4 is 15.4 Å². The van der Waals surface area contributed by atoms with E-state index in [1.807, 2.05) is 25.3 Å².